The number of pyridine rings is 1. The van der Waals surface area contributed by atoms with E-state index in [-0.39, 0.29) is 11.9 Å². The number of hydrogen-bond donors (Lipinski definition) is 2. The topological polar surface area (TPSA) is 94.3 Å². The Kier molecular flexibility index (Phi) is 6.35. The lowest BCUT2D eigenvalue weighted by Crippen LogP contribution is -2.24. The van der Waals surface area contributed by atoms with Gasteiger partial charge in [0.05, 0.1) is 18.4 Å². The number of nitrogens with one attached hydrogen (secondary N) is 1. The minimum absolute atomic E-state index is 0.187. The zero-order chi connectivity index (χ0) is 14.1. The molecule has 0 aromatic carbocycles. The van der Waals surface area contributed by atoms with Crippen LogP contribution in [-0.4, -0.2) is 30.5 Å². The minimum atomic E-state index is -0.199. The van der Waals surface area contributed by atoms with Crippen molar-refractivity contribution in [1.29, 1.82) is 0 Å². The second-order valence-electron chi connectivity index (χ2n) is 4.15. The van der Waals surface area contributed by atoms with Crippen molar-refractivity contribution in [1.82, 2.24) is 10.3 Å². The van der Waals surface area contributed by atoms with Crippen LogP contribution in [0, 0.1) is 0 Å². The van der Waals surface area contributed by atoms with Gasteiger partial charge in [-0.3, -0.25) is 14.6 Å². The maximum absolute atomic E-state index is 11.7. The van der Waals surface area contributed by atoms with Crippen molar-refractivity contribution in [3.8, 4) is 0 Å². The van der Waals surface area contributed by atoms with Gasteiger partial charge in [-0.2, -0.15) is 0 Å². The number of esters is 1. The van der Waals surface area contributed by atoms with Gasteiger partial charge < -0.3 is 15.8 Å². The van der Waals surface area contributed by atoms with Gasteiger partial charge in [0.25, 0.3) is 5.91 Å². The number of carbonyl (C=O) groups is 2. The molecule has 6 nitrogen and oxygen atoms in total. The predicted octanol–water partition coefficient (Wildman–Crippen LogP) is 1.13. The molecule has 0 atom stereocenters. The summed E-state index contributed by atoms with van der Waals surface area (Å²) in [5, 5.41) is 2.78. The summed E-state index contributed by atoms with van der Waals surface area (Å²) in [5.74, 6) is -0.386. The maximum atomic E-state index is 11.7. The second-order valence-corrected chi connectivity index (χ2v) is 4.15. The summed E-state index contributed by atoms with van der Waals surface area (Å²) < 4.78 is 4.54. The molecule has 1 amide bonds. The van der Waals surface area contributed by atoms with Crippen LogP contribution in [0.3, 0.4) is 0 Å². The van der Waals surface area contributed by atoms with Gasteiger partial charge in [0.2, 0.25) is 0 Å². The van der Waals surface area contributed by atoms with Gasteiger partial charge in [0.15, 0.2) is 0 Å². The molecule has 6 heteroatoms. The third-order valence-electron chi connectivity index (χ3n) is 2.59. The van der Waals surface area contributed by atoms with Crippen molar-refractivity contribution in [3.63, 3.8) is 0 Å². The summed E-state index contributed by atoms with van der Waals surface area (Å²) in [5.41, 5.74) is 6.46. The fourth-order valence-electron chi connectivity index (χ4n) is 1.56. The number of unbranched alkanes of at least 4 members (excludes halogenated alkanes) is 2. The molecule has 0 saturated carbocycles. The standard InChI is InChI=1S/C13H19N3O3/c1-19-12(17)5-3-2-4-6-16-13(18)10-7-11(14)9-15-8-10/h7-9H,2-6,14H2,1H3,(H,16,18). The highest BCUT2D eigenvalue weighted by Gasteiger charge is 2.05. The molecule has 104 valence electrons. The van der Waals surface area contributed by atoms with E-state index in [1.807, 2.05) is 0 Å². The summed E-state index contributed by atoms with van der Waals surface area (Å²) in [6, 6.07) is 1.58. The molecule has 0 spiro atoms. The highest BCUT2D eigenvalue weighted by atomic mass is 16.5. The van der Waals surface area contributed by atoms with E-state index in [9.17, 15) is 9.59 Å². The van der Waals surface area contributed by atoms with E-state index in [4.69, 9.17) is 5.73 Å². The van der Waals surface area contributed by atoms with Crippen molar-refractivity contribution in [2.75, 3.05) is 19.4 Å². The van der Waals surface area contributed by atoms with Crippen molar-refractivity contribution in [3.05, 3.63) is 24.0 Å². The number of carbonyl (C=O) groups excluding carboxylic acids is 2. The largest absolute Gasteiger partial charge is 0.469 e. The first kappa shape index (κ1) is 14.9. The lowest BCUT2D eigenvalue weighted by Gasteiger charge is -2.05. The molecule has 0 saturated heterocycles. The third-order valence-corrected chi connectivity index (χ3v) is 2.59. The Morgan fingerprint density at radius 1 is 1.32 bits per heavy atom. The number of rotatable bonds is 7. The highest BCUT2D eigenvalue weighted by Crippen LogP contribution is 2.04. The normalized spacial score (nSPS) is 9.95. The average Bonchev–Trinajstić information content (AvgIpc) is 2.42. The number of nitrogens with two attached hydrogens (primary N) is 1. The molecule has 0 aliphatic carbocycles. The van der Waals surface area contributed by atoms with Crippen molar-refractivity contribution >= 4 is 17.6 Å². The van der Waals surface area contributed by atoms with Gasteiger partial charge in [-0.15, -0.1) is 0 Å². The molecule has 0 unspecified atom stereocenters. The van der Waals surface area contributed by atoms with Crippen LogP contribution < -0.4 is 11.1 Å². The molecule has 1 rings (SSSR count). The predicted molar refractivity (Wildman–Crippen MR) is 71.5 cm³/mol. The molecule has 1 aromatic heterocycles. The van der Waals surface area contributed by atoms with Crippen LogP contribution in [0.1, 0.15) is 36.0 Å². The monoisotopic (exact) mass is 265 g/mol. The lowest BCUT2D eigenvalue weighted by molar-refractivity contribution is -0.140. The molecule has 0 aliphatic heterocycles. The van der Waals surface area contributed by atoms with Crippen LogP contribution >= 0.6 is 0 Å². The Balaban J connectivity index is 2.16. The van der Waals surface area contributed by atoms with E-state index in [0.29, 0.717) is 24.2 Å². The van der Waals surface area contributed by atoms with Crippen molar-refractivity contribution in [2.24, 2.45) is 0 Å². The van der Waals surface area contributed by atoms with Crippen LogP contribution in [0.5, 0.6) is 0 Å². The third kappa shape index (κ3) is 5.85. The Hall–Kier alpha value is -2.11. The van der Waals surface area contributed by atoms with E-state index in [0.717, 1.165) is 19.3 Å². The first-order valence-electron chi connectivity index (χ1n) is 6.19. The molecule has 0 aliphatic rings. The lowest BCUT2D eigenvalue weighted by atomic mass is 10.2. The summed E-state index contributed by atoms with van der Waals surface area (Å²) in [4.78, 5) is 26.4. The molecular formula is C13H19N3O3. The fourth-order valence-corrected chi connectivity index (χ4v) is 1.56. The summed E-state index contributed by atoms with van der Waals surface area (Å²) in [6.45, 7) is 0.564. The van der Waals surface area contributed by atoms with E-state index in [2.05, 4.69) is 15.0 Å². The Morgan fingerprint density at radius 2 is 2.11 bits per heavy atom. The number of amides is 1. The highest BCUT2D eigenvalue weighted by molar-refractivity contribution is 5.94. The van der Waals surface area contributed by atoms with Crippen molar-refractivity contribution in [2.45, 2.75) is 25.7 Å². The van der Waals surface area contributed by atoms with Gasteiger partial charge in [-0.1, -0.05) is 6.42 Å². The van der Waals surface area contributed by atoms with Gasteiger partial charge >= 0.3 is 5.97 Å². The maximum Gasteiger partial charge on any atom is 0.305 e. The molecule has 19 heavy (non-hydrogen) atoms. The zero-order valence-corrected chi connectivity index (χ0v) is 11.0. The second kappa shape index (κ2) is 8.07. The number of nitrogens with zero attached hydrogens (tertiary/aromatic N) is 1. The SMILES string of the molecule is COC(=O)CCCCCNC(=O)c1cncc(N)c1. The number of anilines is 1. The summed E-state index contributed by atoms with van der Waals surface area (Å²) in [6.07, 6.45) is 5.83. The smallest absolute Gasteiger partial charge is 0.305 e. The molecule has 3 N–H and O–H groups in total. The summed E-state index contributed by atoms with van der Waals surface area (Å²) in [7, 11) is 1.38. The van der Waals surface area contributed by atoms with Crippen LogP contribution in [0.25, 0.3) is 0 Å². The van der Waals surface area contributed by atoms with Gasteiger partial charge in [0, 0.05) is 25.4 Å². The van der Waals surface area contributed by atoms with Crippen LogP contribution in [0.2, 0.25) is 0 Å². The first-order valence-corrected chi connectivity index (χ1v) is 6.19. The van der Waals surface area contributed by atoms with E-state index in [1.165, 1.54) is 19.5 Å². The molecule has 0 radical (unpaired) electrons. The molecule has 1 heterocycles. The number of ether oxygens (including phenoxy) is 1. The molecular weight excluding hydrogens is 246 g/mol. The van der Waals surface area contributed by atoms with Gasteiger partial charge in [-0.05, 0) is 18.9 Å². The van der Waals surface area contributed by atoms with Crippen LogP contribution in [0.15, 0.2) is 18.5 Å². The molecule has 0 fully saturated rings. The van der Waals surface area contributed by atoms with Gasteiger partial charge in [0.1, 0.15) is 0 Å². The average molecular weight is 265 g/mol. The Bertz CT molecular complexity index is 435. The molecule has 0 bridgehead atoms. The number of nitrogen functional groups attached to an aromatic ring is 1. The Labute approximate surface area is 112 Å². The zero-order valence-electron chi connectivity index (χ0n) is 11.0. The number of hydrogen-bond acceptors (Lipinski definition) is 5. The Morgan fingerprint density at radius 3 is 2.79 bits per heavy atom. The quantitative estimate of drug-likeness (QED) is 0.569. The van der Waals surface area contributed by atoms with Gasteiger partial charge in [-0.25, -0.2) is 0 Å². The van der Waals surface area contributed by atoms with Crippen LogP contribution in [-0.2, 0) is 9.53 Å². The number of methoxy groups -OCH3 is 1. The van der Waals surface area contributed by atoms with E-state index in [1.54, 1.807) is 6.07 Å². The fraction of sp³-hybridized carbons (Fsp3) is 0.462. The number of aromatic nitrogens is 1. The van der Waals surface area contributed by atoms with E-state index < -0.39 is 0 Å². The van der Waals surface area contributed by atoms with Crippen molar-refractivity contribution < 1.29 is 14.3 Å². The first-order chi connectivity index (χ1) is 9.13. The van der Waals surface area contributed by atoms with E-state index >= 15 is 0 Å². The molecule has 1 aromatic rings. The van der Waals surface area contributed by atoms with Crippen LogP contribution in [0.4, 0.5) is 5.69 Å². The summed E-state index contributed by atoms with van der Waals surface area (Å²) >= 11 is 0. The minimum Gasteiger partial charge on any atom is -0.469 e.